The summed E-state index contributed by atoms with van der Waals surface area (Å²) in [6.07, 6.45) is 4.67. The molecule has 3 N–H and O–H groups in total. The van der Waals surface area contributed by atoms with Crippen molar-refractivity contribution in [1.82, 2.24) is 14.5 Å². The number of nitrogen functional groups attached to an aromatic ring is 1. The molecular weight excluding hydrogens is 280 g/mol. The van der Waals surface area contributed by atoms with Gasteiger partial charge in [-0.2, -0.15) is 0 Å². The van der Waals surface area contributed by atoms with Crippen LogP contribution in [0.1, 0.15) is 36.8 Å². The number of hydrogen-bond donors (Lipinski definition) is 2. The van der Waals surface area contributed by atoms with Crippen molar-refractivity contribution in [3.63, 3.8) is 0 Å². The number of carboxylic acid groups (broad SMARTS) is 1. The van der Waals surface area contributed by atoms with Crippen LogP contribution >= 0.6 is 0 Å². The number of likely N-dealkylation sites (tertiary alicyclic amines) is 1. The quantitative estimate of drug-likeness (QED) is 0.848. The molecule has 1 amide bonds. The zero-order chi connectivity index (χ0) is 16.0. The van der Waals surface area contributed by atoms with Crippen LogP contribution in [0.25, 0.3) is 11.0 Å². The second-order valence-electron chi connectivity index (χ2n) is 6.28. The third kappa shape index (κ3) is 2.19. The number of aryl methyl sites for hydroxylation is 2. The lowest BCUT2D eigenvalue weighted by Gasteiger charge is -2.35. The third-order valence-corrected chi connectivity index (χ3v) is 4.87. The van der Waals surface area contributed by atoms with Gasteiger partial charge in [0.15, 0.2) is 0 Å². The van der Waals surface area contributed by atoms with Gasteiger partial charge >= 0.3 is 6.09 Å². The van der Waals surface area contributed by atoms with Crippen molar-refractivity contribution >= 4 is 22.8 Å². The molecule has 6 nitrogen and oxygen atoms in total. The lowest BCUT2D eigenvalue weighted by Crippen LogP contribution is -2.43. The first kappa shape index (κ1) is 14.7. The zero-order valence-corrected chi connectivity index (χ0v) is 13.2. The minimum absolute atomic E-state index is 0.0285. The van der Waals surface area contributed by atoms with Crippen LogP contribution in [-0.2, 0) is 7.05 Å². The van der Waals surface area contributed by atoms with Crippen LogP contribution in [0.2, 0.25) is 0 Å². The maximum Gasteiger partial charge on any atom is 0.407 e. The number of anilines is 1. The molecule has 22 heavy (non-hydrogen) atoms. The number of hydrogen-bond acceptors (Lipinski definition) is 3. The molecule has 0 spiro atoms. The Morgan fingerprint density at radius 1 is 1.50 bits per heavy atom. The molecule has 0 aliphatic carbocycles. The van der Waals surface area contributed by atoms with Crippen LogP contribution < -0.4 is 5.73 Å². The summed E-state index contributed by atoms with van der Waals surface area (Å²) in [5, 5.41) is 10.3. The molecule has 1 fully saturated rings. The zero-order valence-electron chi connectivity index (χ0n) is 13.2. The van der Waals surface area contributed by atoms with E-state index in [4.69, 9.17) is 5.73 Å². The highest BCUT2D eigenvalue weighted by molar-refractivity contribution is 5.88. The Morgan fingerprint density at radius 3 is 2.86 bits per heavy atom. The van der Waals surface area contributed by atoms with Gasteiger partial charge in [0, 0.05) is 31.2 Å². The smallest absolute Gasteiger partial charge is 0.407 e. The number of amides is 1. The molecule has 0 aromatic carbocycles. The minimum atomic E-state index is -0.828. The maximum absolute atomic E-state index is 11.2. The number of rotatable bonds is 1. The normalized spacial score (nSPS) is 22.2. The molecule has 2 aromatic rings. The van der Waals surface area contributed by atoms with E-state index >= 15 is 0 Å². The van der Waals surface area contributed by atoms with Crippen molar-refractivity contribution in [3.05, 3.63) is 23.5 Å². The molecule has 0 saturated carbocycles. The van der Waals surface area contributed by atoms with Gasteiger partial charge in [0.05, 0.1) is 11.9 Å². The summed E-state index contributed by atoms with van der Waals surface area (Å²) in [6.45, 7) is 4.58. The second kappa shape index (κ2) is 5.19. The van der Waals surface area contributed by atoms with E-state index in [1.807, 2.05) is 25.5 Å². The molecule has 3 rings (SSSR count). The fraction of sp³-hybridized carbons (Fsp3) is 0.500. The van der Waals surface area contributed by atoms with E-state index in [1.165, 1.54) is 10.5 Å². The molecule has 0 bridgehead atoms. The highest BCUT2D eigenvalue weighted by Crippen LogP contribution is 2.38. The van der Waals surface area contributed by atoms with Crippen LogP contribution in [0.3, 0.4) is 0 Å². The first-order chi connectivity index (χ1) is 10.4. The van der Waals surface area contributed by atoms with E-state index < -0.39 is 6.09 Å². The van der Waals surface area contributed by atoms with Crippen LogP contribution in [0, 0.1) is 6.92 Å². The van der Waals surface area contributed by atoms with Gasteiger partial charge in [-0.15, -0.1) is 0 Å². The summed E-state index contributed by atoms with van der Waals surface area (Å²) in [5.74, 6) is 0.344. The summed E-state index contributed by atoms with van der Waals surface area (Å²) in [5.41, 5.74) is 9.98. The number of aromatic nitrogens is 2. The van der Waals surface area contributed by atoms with Crippen LogP contribution in [-0.4, -0.2) is 38.2 Å². The summed E-state index contributed by atoms with van der Waals surface area (Å²) < 4.78 is 2.03. The lowest BCUT2D eigenvalue weighted by atomic mass is 9.85. The molecule has 6 heteroatoms. The molecule has 1 aliphatic heterocycles. The van der Waals surface area contributed by atoms with Gasteiger partial charge in [-0.1, -0.05) is 0 Å². The number of pyridine rings is 1. The van der Waals surface area contributed by atoms with Gasteiger partial charge in [0.1, 0.15) is 5.65 Å². The molecule has 1 aliphatic rings. The third-order valence-electron chi connectivity index (χ3n) is 4.87. The van der Waals surface area contributed by atoms with Crippen molar-refractivity contribution in [2.24, 2.45) is 7.05 Å². The number of fused-ring (bicyclic) bond motifs is 1. The Balaban J connectivity index is 2.01. The lowest BCUT2D eigenvalue weighted by molar-refractivity contribution is 0.107. The fourth-order valence-electron chi connectivity index (χ4n) is 3.60. The van der Waals surface area contributed by atoms with E-state index in [-0.39, 0.29) is 6.04 Å². The molecule has 118 valence electrons. The molecule has 2 aromatic heterocycles. The number of nitrogens with two attached hydrogens (primary N) is 1. The van der Waals surface area contributed by atoms with E-state index in [9.17, 15) is 9.90 Å². The molecule has 3 heterocycles. The maximum atomic E-state index is 11.2. The van der Waals surface area contributed by atoms with Gasteiger partial charge in [0.25, 0.3) is 0 Å². The predicted molar refractivity (Wildman–Crippen MR) is 86.0 cm³/mol. The van der Waals surface area contributed by atoms with Gasteiger partial charge in [0.2, 0.25) is 0 Å². The molecule has 0 unspecified atom stereocenters. The summed E-state index contributed by atoms with van der Waals surface area (Å²) >= 11 is 0. The van der Waals surface area contributed by atoms with Gasteiger partial charge in [-0.05, 0) is 43.7 Å². The predicted octanol–water partition coefficient (Wildman–Crippen LogP) is 2.71. The molecule has 2 atom stereocenters. The Kier molecular flexibility index (Phi) is 3.47. The Bertz CT molecular complexity index is 737. The van der Waals surface area contributed by atoms with Gasteiger partial charge in [-0.25, -0.2) is 9.78 Å². The molecule has 0 radical (unpaired) electrons. The first-order valence-electron chi connectivity index (χ1n) is 7.59. The van der Waals surface area contributed by atoms with Gasteiger partial charge in [-0.3, -0.25) is 0 Å². The SMILES string of the molecule is Cc1c(N)cnc2c1c([C@@H]1CCN(C(=O)O)[C@@H](C)C1)cn2C. The van der Waals surface area contributed by atoms with Crippen LogP contribution in [0.4, 0.5) is 10.5 Å². The summed E-state index contributed by atoms with van der Waals surface area (Å²) in [6, 6.07) is 0.0285. The topological polar surface area (TPSA) is 84.4 Å². The van der Waals surface area contributed by atoms with Crippen molar-refractivity contribution in [2.45, 2.75) is 38.6 Å². The number of carbonyl (C=O) groups is 1. The van der Waals surface area contributed by atoms with Crippen LogP contribution in [0.5, 0.6) is 0 Å². The second-order valence-corrected chi connectivity index (χ2v) is 6.28. The van der Waals surface area contributed by atoms with Crippen molar-refractivity contribution < 1.29 is 9.90 Å². The van der Waals surface area contributed by atoms with Crippen molar-refractivity contribution in [1.29, 1.82) is 0 Å². The van der Waals surface area contributed by atoms with E-state index in [0.29, 0.717) is 18.2 Å². The largest absolute Gasteiger partial charge is 0.465 e. The molecular formula is C16H22N4O2. The van der Waals surface area contributed by atoms with E-state index in [2.05, 4.69) is 11.2 Å². The summed E-state index contributed by atoms with van der Waals surface area (Å²) in [4.78, 5) is 17.2. The van der Waals surface area contributed by atoms with Crippen molar-refractivity contribution in [3.8, 4) is 0 Å². The highest BCUT2D eigenvalue weighted by Gasteiger charge is 2.31. The van der Waals surface area contributed by atoms with Crippen LogP contribution in [0.15, 0.2) is 12.4 Å². The Morgan fingerprint density at radius 2 is 2.23 bits per heavy atom. The monoisotopic (exact) mass is 302 g/mol. The Hall–Kier alpha value is -2.24. The van der Waals surface area contributed by atoms with E-state index in [0.717, 1.165) is 29.4 Å². The minimum Gasteiger partial charge on any atom is -0.465 e. The standard InChI is InChI=1S/C16H22N4O2/c1-9-6-11(4-5-20(9)16(21)22)12-8-19(3)15-14(12)10(2)13(17)7-18-15/h7-9,11H,4-6,17H2,1-3H3,(H,21,22)/t9-,11+/m0/s1. The fourth-order valence-corrected chi connectivity index (χ4v) is 3.60. The summed E-state index contributed by atoms with van der Waals surface area (Å²) in [7, 11) is 1.99. The van der Waals surface area contributed by atoms with Crippen molar-refractivity contribution in [2.75, 3.05) is 12.3 Å². The number of piperidine rings is 1. The highest BCUT2D eigenvalue weighted by atomic mass is 16.4. The first-order valence-corrected chi connectivity index (χ1v) is 7.59. The number of nitrogens with zero attached hydrogens (tertiary/aromatic N) is 3. The average molecular weight is 302 g/mol. The Labute approximate surface area is 129 Å². The van der Waals surface area contributed by atoms with E-state index in [1.54, 1.807) is 6.20 Å². The van der Waals surface area contributed by atoms with Gasteiger partial charge < -0.3 is 20.3 Å². The average Bonchev–Trinajstić information content (AvgIpc) is 2.80. The molecule has 1 saturated heterocycles.